The SMILES string of the molecule is C=Nc1[nH]ccc1/C(=C\C)Nc1ccc2ncccc2c1. The van der Waals surface area contributed by atoms with Crippen molar-refractivity contribution in [1.29, 1.82) is 0 Å². The molecule has 21 heavy (non-hydrogen) atoms. The number of nitrogens with zero attached hydrogens (tertiary/aromatic N) is 2. The van der Waals surface area contributed by atoms with Gasteiger partial charge in [-0.15, -0.1) is 0 Å². The Balaban J connectivity index is 1.94. The van der Waals surface area contributed by atoms with Gasteiger partial charge in [0.15, 0.2) is 0 Å². The Labute approximate surface area is 123 Å². The van der Waals surface area contributed by atoms with E-state index in [1.54, 1.807) is 6.20 Å². The fraction of sp³-hybridized carbons (Fsp3) is 0.0588. The Morgan fingerprint density at radius 1 is 1.33 bits per heavy atom. The highest BCUT2D eigenvalue weighted by Gasteiger charge is 2.08. The van der Waals surface area contributed by atoms with E-state index >= 15 is 0 Å². The number of nitrogens with one attached hydrogen (secondary N) is 2. The third-order valence-electron chi connectivity index (χ3n) is 3.34. The first-order valence-electron chi connectivity index (χ1n) is 6.74. The number of rotatable bonds is 4. The predicted molar refractivity (Wildman–Crippen MR) is 89.0 cm³/mol. The molecule has 0 aliphatic heterocycles. The van der Waals surface area contributed by atoms with Crippen molar-refractivity contribution in [1.82, 2.24) is 9.97 Å². The lowest BCUT2D eigenvalue weighted by Gasteiger charge is -2.11. The van der Waals surface area contributed by atoms with Crippen molar-refractivity contribution in [2.24, 2.45) is 4.99 Å². The maximum atomic E-state index is 4.33. The van der Waals surface area contributed by atoms with Gasteiger partial charge >= 0.3 is 0 Å². The van der Waals surface area contributed by atoms with E-state index in [2.05, 4.69) is 39.1 Å². The van der Waals surface area contributed by atoms with Crippen molar-refractivity contribution in [3.05, 3.63) is 60.4 Å². The predicted octanol–water partition coefficient (Wildman–Crippen LogP) is 4.37. The van der Waals surface area contributed by atoms with E-state index in [-0.39, 0.29) is 0 Å². The van der Waals surface area contributed by atoms with Crippen LogP contribution in [0.25, 0.3) is 16.6 Å². The number of hydrogen-bond acceptors (Lipinski definition) is 3. The fourth-order valence-electron chi connectivity index (χ4n) is 2.31. The maximum absolute atomic E-state index is 4.33. The molecule has 104 valence electrons. The molecule has 4 heteroatoms. The van der Waals surface area contributed by atoms with Gasteiger partial charge in [0.1, 0.15) is 5.82 Å². The van der Waals surface area contributed by atoms with Crippen LogP contribution in [0.15, 0.2) is 59.9 Å². The quantitative estimate of drug-likeness (QED) is 0.695. The van der Waals surface area contributed by atoms with E-state index < -0.39 is 0 Å². The van der Waals surface area contributed by atoms with E-state index in [0.717, 1.165) is 33.7 Å². The number of anilines is 1. The highest BCUT2D eigenvalue weighted by Crippen LogP contribution is 2.27. The van der Waals surface area contributed by atoms with Crippen LogP contribution in [0.4, 0.5) is 11.5 Å². The molecule has 0 bridgehead atoms. The summed E-state index contributed by atoms with van der Waals surface area (Å²) in [5, 5.41) is 4.53. The van der Waals surface area contributed by atoms with Crippen molar-refractivity contribution in [3.8, 4) is 0 Å². The van der Waals surface area contributed by atoms with Crippen LogP contribution in [0.2, 0.25) is 0 Å². The van der Waals surface area contributed by atoms with E-state index in [0.29, 0.717) is 0 Å². The molecule has 0 aliphatic rings. The summed E-state index contributed by atoms with van der Waals surface area (Å²) in [4.78, 5) is 11.4. The van der Waals surface area contributed by atoms with Crippen LogP contribution in [0.3, 0.4) is 0 Å². The minimum atomic E-state index is 0.762. The molecule has 0 aliphatic carbocycles. The second kappa shape index (κ2) is 5.63. The number of aromatic nitrogens is 2. The molecule has 0 saturated heterocycles. The molecular weight excluding hydrogens is 260 g/mol. The number of allylic oxidation sites excluding steroid dienone is 1. The average Bonchev–Trinajstić information content (AvgIpc) is 3.01. The number of benzene rings is 1. The molecule has 3 rings (SSSR count). The van der Waals surface area contributed by atoms with Gasteiger partial charge in [-0.2, -0.15) is 0 Å². The van der Waals surface area contributed by atoms with Crippen molar-refractivity contribution < 1.29 is 0 Å². The van der Waals surface area contributed by atoms with Crippen LogP contribution >= 0.6 is 0 Å². The number of H-pyrrole nitrogens is 1. The van der Waals surface area contributed by atoms with Crippen LogP contribution in [0.5, 0.6) is 0 Å². The highest BCUT2D eigenvalue weighted by atomic mass is 14.9. The number of hydrogen-bond donors (Lipinski definition) is 2. The zero-order chi connectivity index (χ0) is 14.7. The summed E-state index contributed by atoms with van der Waals surface area (Å²) in [6.07, 6.45) is 5.68. The van der Waals surface area contributed by atoms with Gasteiger partial charge in [0.2, 0.25) is 0 Å². The molecule has 4 nitrogen and oxygen atoms in total. The van der Waals surface area contributed by atoms with Crippen LogP contribution in [0.1, 0.15) is 12.5 Å². The Bertz CT molecular complexity index is 814. The minimum absolute atomic E-state index is 0.762. The number of aromatic amines is 1. The summed E-state index contributed by atoms with van der Waals surface area (Å²) in [6.45, 7) is 5.57. The van der Waals surface area contributed by atoms with E-state index in [1.807, 2.05) is 43.5 Å². The van der Waals surface area contributed by atoms with Gasteiger partial charge in [-0.1, -0.05) is 12.1 Å². The number of fused-ring (bicyclic) bond motifs is 1. The topological polar surface area (TPSA) is 53.1 Å². The third-order valence-corrected chi connectivity index (χ3v) is 3.34. The molecule has 0 unspecified atom stereocenters. The zero-order valence-electron chi connectivity index (χ0n) is 11.8. The van der Waals surface area contributed by atoms with Crippen molar-refractivity contribution in [2.75, 3.05) is 5.32 Å². The summed E-state index contributed by atoms with van der Waals surface area (Å²) in [7, 11) is 0. The lowest BCUT2D eigenvalue weighted by Crippen LogP contribution is -1.98. The van der Waals surface area contributed by atoms with Crippen molar-refractivity contribution >= 4 is 34.8 Å². The molecule has 0 amide bonds. The molecule has 2 aromatic heterocycles. The number of pyridine rings is 1. The summed E-state index contributed by atoms with van der Waals surface area (Å²) < 4.78 is 0. The Kier molecular flexibility index (Phi) is 3.51. The van der Waals surface area contributed by atoms with Gasteiger partial charge in [0, 0.05) is 34.7 Å². The van der Waals surface area contributed by atoms with Crippen molar-refractivity contribution in [3.63, 3.8) is 0 Å². The van der Waals surface area contributed by atoms with Gasteiger partial charge in [0.25, 0.3) is 0 Å². The monoisotopic (exact) mass is 276 g/mol. The average molecular weight is 276 g/mol. The molecule has 0 fully saturated rings. The Hall–Kier alpha value is -2.88. The van der Waals surface area contributed by atoms with Gasteiger partial charge in [-0.3, -0.25) is 4.98 Å². The Morgan fingerprint density at radius 2 is 2.24 bits per heavy atom. The normalized spacial score (nSPS) is 11.6. The van der Waals surface area contributed by atoms with Crippen LogP contribution in [0, 0.1) is 0 Å². The summed E-state index contributed by atoms with van der Waals surface area (Å²) in [6, 6.07) is 12.1. The fourth-order valence-corrected chi connectivity index (χ4v) is 2.31. The first-order valence-corrected chi connectivity index (χ1v) is 6.74. The molecule has 1 aromatic carbocycles. The molecular formula is C17H16N4. The molecule has 0 atom stereocenters. The molecule has 0 radical (unpaired) electrons. The summed E-state index contributed by atoms with van der Waals surface area (Å²) in [5.41, 5.74) is 3.99. The molecule has 3 aromatic rings. The molecule has 2 N–H and O–H groups in total. The van der Waals surface area contributed by atoms with Crippen LogP contribution < -0.4 is 5.32 Å². The Morgan fingerprint density at radius 3 is 3.05 bits per heavy atom. The van der Waals surface area contributed by atoms with Gasteiger partial charge in [-0.05, 0) is 44.0 Å². The van der Waals surface area contributed by atoms with Gasteiger partial charge < -0.3 is 10.3 Å². The summed E-state index contributed by atoms with van der Waals surface area (Å²) >= 11 is 0. The van der Waals surface area contributed by atoms with Crippen LogP contribution in [-0.4, -0.2) is 16.7 Å². The third kappa shape index (κ3) is 2.56. The number of aliphatic imine (C=N–C) groups is 1. The maximum Gasteiger partial charge on any atom is 0.138 e. The highest BCUT2D eigenvalue weighted by molar-refractivity contribution is 5.87. The smallest absolute Gasteiger partial charge is 0.138 e. The van der Waals surface area contributed by atoms with E-state index in [4.69, 9.17) is 0 Å². The lowest BCUT2D eigenvalue weighted by molar-refractivity contribution is 1.34. The molecule has 0 saturated carbocycles. The largest absolute Gasteiger partial charge is 0.355 e. The van der Waals surface area contributed by atoms with Gasteiger partial charge in [-0.25, -0.2) is 4.99 Å². The molecule has 0 spiro atoms. The zero-order valence-corrected chi connectivity index (χ0v) is 11.8. The van der Waals surface area contributed by atoms with Gasteiger partial charge in [0.05, 0.1) is 5.52 Å². The summed E-state index contributed by atoms with van der Waals surface area (Å²) in [5.74, 6) is 0.762. The second-order valence-electron chi connectivity index (χ2n) is 4.64. The minimum Gasteiger partial charge on any atom is -0.355 e. The lowest BCUT2D eigenvalue weighted by atomic mass is 10.1. The standard InChI is InChI=1S/C17H16N4/c1-3-15(14-8-10-20-17(14)18-2)21-13-6-7-16-12(11-13)5-4-9-19-16/h3-11,20-21H,2H2,1H3/b15-3+. The van der Waals surface area contributed by atoms with E-state index in [9.17, 15) is 0 Å². The van der Waals surface area contributed by atoms with Crippen LogP contribution in [-0.2, 0) is 0 Å². The first kappa shape index (κ1) is 13.1. The first-order chi connectivity index (χ1) is 10.3. The van der Waals surface area contributed by atoms with Crippen molar-refractivity contribution in [2.45, 2.75) is 6.92 Å². The molecule has 2 heterocycles. The van der Waals surface area contributed by atoms with E-state index in [1.165, 1.54) is 0 Å². The second-order valence-corrected chi connectivity index (χ2v) is 4.64.